The minimum absolute atomic E-state index is 0.0332. The highest BCUT2D eigenvalue weighted by Gasteiger charge is 2.16. The summed E-state index contributed by atoms with van der Waals surface area (Å²) in [5.74, 6) is 0.265. The van der Waals surface area contributed by atoms with Gasteiger partial charge in [0.2, 0.25) is 0 Å². The quantitative estimate of drug-likeness (QED) is 0.509. The second-order valence-corrected chi connectivity index (χ2v) is 5.95. The maximum atomic E-state index is 11.5. The van der Waals surface area contributed by atoms with Gasteiger partial charge in [-0.25, -0.2) is 4.79 Å². The lowest BCUT2D eigenvalue weighted by Gasteiger charge is -2.13. The molecule has 0 saturated carbocycles. The monoisotopic (exact) mass is 403 g/mol. The Kier molecular flexibility index (Phi) is 6.30. The van der Waals surface area contributed by atoms with Crippen LogP contribution < -0.4 is 15.4 Å². The largest absolute Gasteiger partial charge is 0.453 e. The van der Waals surface area contributed by atoms with Crippen LogP contribution in [0.1, 0.15) is 6.92 Å². The van der Waals surface area contributed by atoms with Crippen LogP contribution in [0.3, 0.4) is 0 Å². The third-order valence-corrected chi connectivity index (χ3v) is 3.79. The Hall–Kier alpha value is -2.22. The number of amides is 2. The van der Waals surface area contributed by atoms with Gasteiger partial charge in [0.15, 0.2) is 5.75 Å². The van der Waals surface area contributed by atoms with Crippen molar-refractivity contribution in [2.24, 2.45) is 0 Å². The van der Waals surface area contributed by atoms with E-state index < -0.39 is 11.0 Å². The molecule has 0 fully saturated rings. The fourth-order valence-electron chi connectivity index (χ4n) is 1.86. The Morgan fingerprint density at radius 1 is 1.16 bits per heavy atom. The second-order valence-electron chi connectivity index (χ2n) is 4.73. The van der Waals surface area contributed by atoms with Gasteiger partial charge in [-0.15, -0.1) is 0 Å². The molecule has 0 aliphatic carbocycles. The van der Waals surface area contributed by atoms with E-state index in [-0.39, 0.29) is 32.3 Å². The standard InChI is InChI=1S/C15H12Cl3N3O4/c1-2-19-15(22)20-8-5-11(17)14(12(18)6-8)25-13-4-3-9(21(23)24)7-10(13)16/h3-7H,2H2,1H3,(H2,19,20,22). The van der Waals surface area contributed by atoms with E-state index in [2.05, 4.69) is 10.6 Å². The number of hydrogen-bond acceptors (Lipinski definition) is 4. The summed E-state index contributed by atoms with van der Waals surface area (Å²) >= 11 is 18.3. The zero-order chi connectivity index (χ0) is 18.6. The number of benzene rings is 2. The van der Waals surface area contributed by atoms with Gasteiger partial charge in [0.25, 0.3) is 5.69 Å². The molecule has 0 heterocycles. The van der Waals surface area contributed by atoms with Crippen LogP contribution in [0.4, 0.5) is 16.2 Å². The van der Waals surface area contributed by atoms with Crippen LogP contribution in [0.15, 0.2) is 30.3 Å². The van der Waals surface area contributed by atoms with Crippen molar-refractivity contribution < 1.29 is 14.5 Å². The second kappa shape index (κ2) is 8.24. The molecule has 2 rings (SSSR count). The summed E-state index contributed by atoms with van der Waals surface area (Å²) in [5.41, 5.74) is 0.208. The highest BCUT2D eigenvalue weighted by atomic mass is 35.5. The lowest BCUT2D eigenvalue weighted by Crippen LogP contribution is -2.28. The molecule has 2 N–H and O–H groups in total. The number of nitro groups is 1. The number of nitrogens with zero attached hydrogens (tertiary/aromatic N) is 1. The van der Waals surface area contributed by atoms with Crippen molar-refractivity contribution in [3.63, 3.8) is 0 Å². The molecule has 2 aromatic carbocycles. The minimum Gasteiger partial charge on any atom is -0.453 e. The number of urea groups is 1. The average molecular weight is 405 g/mol. The molecule has 0 aliphatic heterocycles. The fraction of sp³-hybridized carbons (Fsp3) is 0.133. The van der Waals surface area contributed by atoms with Gasteiger partial charge in [0.05, 0.1) is 20.0 Å². The summed E-state index contributed by atoms with van der Waals surface area (Å²) in [6, 6.07) is 6.25. The van der Waals surface area contributed by atoms with E-state index in [1.165, 1.54) is 24.3 Å². The van der Waals surface area contributed by atoms with Gasteiger partial charge >= 0.3 is 6.03 Å². The molecule has 0 bridgehead atoms. The van der Waals surface area contributed by atoms with Gasteiger partial charge in [-0.05, 0) is 25.1 Å². The Labute approximate surface area is 158 Å². The van der Waals surface area contributed by atoms with Crippen molar-refractivity contribution in [2.75, 3.05) is 11.9 Å². The van der Waals surface area contributed by atoms with Crippen LogP contribution in [-0.4, -0.2) is 17.5 Å². The van der Waals surface area contributed by atoms with Crippen molar-refractivity contribution in [1.82, 2.24) is 5.32 Å². The maximum absolute atomic E-state index is 11.5. The highest BCUT2D eigenvalue weighted by Crippen LogP contribution is 2.41. The van der Waals surface area contributed by atoms with E-state index in [4.69, 9.17) is 39.5 Å². The van der Waals surface area contributed by atoms with E-state index in [0.29, 0.717) is 12.2 Å². The molecule has 0 aliphatic rings. The van der Waals surface area contributed by atoms with Gasteiger partial charge < -0.3 is 15.4 Å². The lowest BCUT2D eigenvalue weighted by molar-refractivity contribution is -0.384. The van der Waals surface area contributed by atoms with Crippen LogP contribution in [0.5, 0.6) is 11.5 Å². The minimum atomic E-state index is -0.572. The number of non-ortho nitro benzene ring substituents is 1. The third-order valence-electron chi connectivity index (χ3n) is 2.93. The molecular formula is C15H12Cl3N3O4. The van der Waals surface area contributed by atoms with Crippen molar-refractivity contribution in [3.8, 4) is 11.5 Å². The number of ether oxygens (including phenoxy) is 1. The van der Waals surface area contributed by atoms with Crippen molar-refractivity contribution in [1.29, 1.82) is 0 Å². The van der Waals surface area contributed by atoms with E-state index in [0.717, 1.165) is 6.07 Å². The first kappa shape index (κ1) is 19.1. The number of anilines is 1. The molecule has 2 aromatic rings. The van der Waals surface area contributed by atoms with Crippen LogP contribution in [-0.2, 0) is 0 Å². The predicted octanol–water partition coefficient (Wildman–Crippen LogP) is 5.49. The van der Waals surface area contributed by atoms with Gasteiger partial charge in [-0.1, -0.05) is 34.8 Å². The SMILES string of the molecule is CCNC(=O)Nc1cc(Cl)c(Oc2ccc([N+](=O)[O-])cc2Cl)c(Cl)c1. The third kappa shape index (κ3) is 4.88. The van der Waals surface area contributed by atoms with E-state index in [1.807, 2.05) is 0 Å². The number of nitrogens with one attached hydrogen (secondary N) is 2. The highest BCUT2D eigenvalue weighted by molar-refractivity contribution is 6.38. The summed E-state index contributed by atoms with van der Waals surface area (Å²) in [7, 11) is 0. The maximum Gasteiger partial charge on any atom is 0.319 e. The Bertz CT molecular complexity index is 807. The summed E-state index contributed by atoms with van der Waals surface area (Å²) < 4.78 is 5.57. The fourth-order valence-corrected chi connectivity index (χ4v) is 2.64. The first-order valence-corrected chi connectivity index (χ1v) is 8.11. The zero-order valence-corrected chi connectivity index (χ0v) is 15.1. The molecule has 10 heteroatoms. The number of carbonyl (C=O) groups excluding carboxylic acids is 1. The first-order valence-electron chi connectivity index (χ1n) is 6.97. The van der Waals surface area contributed by atoms with E-state index in [1.54, 1.807) is 6.92 Å². The Morgan fingerprint density at radius 2 is 1.80 bits per heavy atom. The smallest absolute Gasteiger partial charge is 0.319 e. The number of hydrogen-bond donors (Lipinski definition) is 2. The molecule has 0 aromatic heterocycles. The summed E-state index contributed by atoms with van der Waals surface area (Å²) in [5, 5.41) is 16.2. The number of nitro benzene ring substituents is 1. The van der Waals surface area contributed by atoms with Gasteiger partial charge in [-0.3, -0.25) is 10.1 Å². The Balaban J connectivity index is 2.26. The summed E-state index contributed by atoms with van der Waals surface area (Å²) in [6.07, 6.45) is 0. The number of halogens is 3. The van der Waals surface area contributed by atoms with Crippen molar-refractivity contribution in [2.45, 2.75) is 6.92 Å². The van der Waals surface area contributed by atoms with Crippen LogP contribution >= 0.6 is 34.8 Å². The lowest BCUT2D eigenvalue weighted by atomic mass is 10.2. The molecule has 2 amide bonds. The molecule has 0 atom stereocenters. The summed E-state index contributed by atoms with van der Waals surface area (Å²) in [4.78, 5) is 21.7. The molecule has 7 nitrogen and oxygen atoms in total. The van der Waals surface area contributed by atoms with Crippen molar-refractivity contribution >= 4 is 52.2 Å². The number of carbonyl (C=O) groups is 1. The van der Waals surface area contributed by atoms with E-state index >= 15 is 0 Å². The van der Waals surface area contributed by atoms with Gasteiger partial charge in [0.1, 0.15) is 5.75 Å². The van der Waals surface area contributed by atoms with Crippen LogP contribution in [0.2, 0.25) is 15.1 Å². The average Bonchev–Trinajstić information content (AvgIpc) is 2.52. The first-order chi connectivity index (χ1) is 11.8. The summed E-state index contributed by atoms with van der Waals surface area (Å²) in [6.45, 7) is 2.25. The molecule has 0 radical (unpaired) electrons. The van der Waals surface area contributed by atoms with Crippen LogP contribution in [0, 0.1) is 10.1 Å². The van der Waals surface area contributed by atoms with E-state index in [9.17, 15) is 14.9 Å². The zero-order valence-electron chi connectivity index (χ0n) is 12.8. The molecule has 25 heavy (non-hydrogen) atoms. The van der Waals surface area contributed by atoms with Crippen molar-refractivity contribution in [3.05, 3.63) is 55.5 Å². The molecular weight excluding hydrogens is 393 g/mol. The Morgan fingerprint density at radius 3 is 2.32 bits per heavy atom. The predicted molar refractivity (Wildman–Crippen MR) is 97.3 cm³/mol. The normalized spacial score (nSPS) is 10.2. The van der Waals surface area contributed by atoms with Gasteiger partial charge in [-0.2, -0.15) is 0 Å². The number of rotatable bonds is 5. The van der Waals surface area contributed by atoms with Crippen LogP contribution in [0.25, 0.3) is 0 Å². The van der Waals surface area contributed by atoms with Gasteiger partial charge in [0, 0.05) is 24.4 Å². The molecule has 0 unspecified atom stereocenters. The molecule has 0 saturated heterocycles. The molecule has 132 valence electrons. The topological polar surface area (TPSA) is 93.5 Å². The molecule has 0 spiro atoms.